The maximum absolute atomic E-state index is 12.1. The second-order valence-corrected chi connectivity index (χ2v) is 4.37. The van der Waals surface area contributed by atoms with Gasteiger partial charge in [0.15, 0.2) is 0 Å². The SMILES string of the molecule is NCCn1cnc(C(=O)N2CCC(CO)C2)c1. The van der Waals surface area contributed by atoms with E-state index >= 15 is 0 Å². The number of hydrogen-bond donors (Lipinski definition) is 2. The number of imidazole rings is 1. The maximum Gasteiger partial charge on any atom is 0.274 e. The first-order valence-corrected chi connectivity index (χ1v) is 5.86. The summed E-state index contributed by atoms with van der Waals surface area (Å²) in [5.74, 6) is 0.154. The first kappa shape index (κ1) is 12.1. The lowest BCUT2D eigenvalue weighted by Crippen LogP contribution is -2.29. The number of nitrogens with two attached hydrogens (primary N) is 1. The highest BCUT2D eigenvalue weighted by atomic mass is 16.3. The van der Waals surface area contributed by atoms with E-state index in [4.69, 9.17) is 10.8 Å². The van der Waals surface area contributed by atoms with Crippen LogP contribution in [0.2, 0.25) is 0 Å². The predicted molar refractivity (Wildman–Crippen MR) is 62.4 cm³/mol. The quantitative estimate of drug-likeness (QED) is 0.726. The van der Waals surface area contributed by atoms with Crippen LogP contribution in [0.3, 0.4) is 0 Å². The van der Waals surface area contributed by atoms with Gasteiger partial charge in [-0.1, -0.05) is 0 Å². The highest BCUT2D eigenvalue weighted by Gasteiger charge is 2.27. The molecule has 0 radical (unpaired) electrons. The highest BCUT2D eigenvalue weighted by Crippen LogP contribution is 2.17. The third-order valence-electron chi connectivity index (χ3n) is 3.07. The van der Waals surface area contributed by atoms with Gasteiger partial charge in [-0.05, 0) is 6.42 Å². The van der Waals surface area contributed by atoms with E-state index in [2.05, 4.69) is 4.98 Å². The molecule has 1 amide bonds. The van der Waals surface area contributed by atoms with Gasteiger partial charge in [-0.2, -0.15) is 0 Å². The van der Waals surface area contributed by atoms with Gasteiger partial charge in [-0.3, -0.25) is 4.79 Å². The van der Waals surface area contributed by atoms with Crippen LogP contribution in [0.15, 0.2) is 12.5 Å². The topological polar surface area (TPSA) is 84.4 Å². The molecule has 1 saturated heterocycles. The summed E-state index contributed by atoms with van der Waals surface area (Å²) in [6.07, 6.45) is 4.22. The Hall–Kier alpha value is -1.40. The van der Waals surface area contributed by atoms with E-state index in [-0.39, 0.29) is 18.4 Å². The number of aromatic nitrogens is 2. The average molecular weight is 238 g/mol. The number of aliphatic hydroxyl groups is 1. The first-order chi connectivity index (χ1) is 8.24. The molecule has 2 rings (SSSR count). The Morgan fingerprint density at radius 1 is 1.65 bits per heavy atom. The van der Waals surface area contributed by atoms with Crippen molar-refractivity contribution in [2.75, 3.05) is 26.2 Å². The molecule has 0 aliphatic carbocycles. The van der Waals surface area contributed by atoms with Crippen LogP contribution in [0.1, 0.15) is 16.9 Å². The Balaban J connectivity index is 1.99. The number of nitrogens with zero attached hydrogens (tertiary/aromatic N) is 3. The normalized spacial score (nSPS) is 19.9. The standard InChI is InChI=1S/C11H18N4O2/c12-2-4-14-6-10(13-8-14)11(17)15-3-1-9(5-15)7-16/h6,8-9,16H,1-5,7,12H2. The van der Waals surface area contributed by atoms with Crippen molar-refractivity contribution in [1.29, 1.82) is 0 Å². The molecule has 2 heterocycles. The molecule has 1 aromatic rings. The van der Waals surface area contributed by atoms with Gasteiger partial charge in [0, 0.05) is 44.9 Å². The summed E-state index contributed by atoms with van der Waals surface area (Å²) in [5.41, 5.74) is 5.89. The van der Waals surface area contributed by atoms with Gasteiger partial charge in [0.2, 0.25) is 0 Å². The molecule has 1 aliphatic heterocycles. The number of carbonyl (C=O) groups is 1. The van der Waals surface area contributed by atoms with E-state index in [1.54, 1.807) is 17.4 Å². The van der Waals surface area contributed by atoms with Crippen molar-refractivity contribution < 1.29 is 9.90 Å². The molecule has 0 aromatic carbocycles. The number of carbonyl (C=O) groups excluding carboxylic acids is 1. The molecule has 1 fully saturated rings. The van der Waals surface area contributed by atoms with Crippen LogP contribution in [0.5, 0.6) is 0 Å². The zero-order valence-electron chi connectivity index (χ0n) is 9.75. The lowest BCUT2D eigenvalue weighted by molar-refractivity contribution is 0.0776. The third kappa shape index (κ3) is 2.65. The summed E-state index contributed by atoms with van der Waals surface area (Å²) >= 11 is 0. The van der Waals surface area contributed by atoms with Crippen LogP contribution in [0, 0.1) is 5.92 Å². The van der Waals surface area contributed by atoms with Gasteiger partial charge in [0.1, 0.15) is 5.69 Å². The van der Waals surface area contributed by atoms with Crippen molar-refractivity contribution in [3.05, 3.63) is 18.2 Å². The van der Waals surface area contributed by atoms with E-state index in [0.717, 1.165) is 6.42 Å². The van der Waals surface area contributed by atoms with E-state index < -0.39 is 0 Å². The molecular weight excluding hydrogens is 220 g/mol. The van der Waals surface area contributed by atoms with Crippen molar-refractivity contribution >= 4 is 5.91 Å². The summed E-state index contributed by atoms with van der Waals surface area (Å²) in [5, 5.41) is 9.04. The lowest BCUT2D eigenvalue weighted by atomic mass is 10.1. The van der Waals surface area contributed by atoms with Crippen LogP contribution in [-0.4, -0.2) is 51.7 Å². The van der Waals surface area contributed by atoms with Gasteiger partial charge in [-0.15, -0.1) is 0 Å². The molecule has 17 heavy (non-hydrogen) atoms. The molecule has 6 nitrogen and oxygen atoms in total. The van der Waals surface area contributed by atoms with Gasteiger partial charge in [-0.25, -0.2) is 4.98 Å². The number of rotatable bonds is 4. The Kier molecular flexibility index (Phi) is 3.75. The molecule has 0 bridgehead atoms. The molecule has 1 aromatic heterocycles. The van der Waals surface area contributed by atoms with Crippen molar-refractivity contribution in [2.45, 2.75) is 13.0 Å². The molecule has 94 valence electrons. The monoisotopic (exact) mass is 238 g/mol. The van der Waals surface area contributed by atoms with Crippen LogP contribution in [0.25, 0.3) is 0 Å². The van der Waals surface area contributed by atoms with Crippen molar-refractivity contribution in [3.63, 3.8) is 0 Å². The predicted octanol–water partition coefficient (Wildman–Crippen LogP) is -0.704. The average Bonchev–Trinajstić information content (AvgIpc) is 2.97. The number of amides is 1. The minimum atomic E-state index is -0.0586. The zero-order chi connectivity index (χ0) is 12.3. The lowest BCUT2D eigenvalue weighted by Gasteiger charge is -2.14. The second kappa shape index (κ2) is 5.29. The fourth-order valence-corrected chi connectivity index (χ4v) is 2.07. The largest absolute Gasteiger partial charge is 0.396 e. The van der Waals surface area contributed by atoms with Crippen LogP contribution >= 0.6 is 0 Å². The highest BCUT2D eigenvalue weighted by molar-refractivity contribution is 5.92. The number of hydrogen-bond acceptors (Lipinski definition) is 4. The minimum absolute atomic E-state index is 0.0586. The fourth-order valence-electron chi connectivity index (χ4n) is 2.07. The minimum Gasteiger partial charge on any atom is -0.396 e. The molecule has 1 aliphatic rings. The molecule has 6 heteroatoms. The summed E-state index contributed by atoms with van der Waals surface area (Å²) in [6.45, 7) is 2.66. The maximum atomic E-state index is 12.1. The summed E-state index contributed by atoms with van der Waals surface area (Å²) in [4.78, 5) is 17.9. The molecule has 1 unspecified atom stereocenters. The Morgan fingerprint density at radius 3 is 3.12 bits per heavy atom. The van der Waals surface area contributed by atoms with E-state index in [9.17, 15) is 4.79 Å². The Bertz CT molecular complexity index is 391. The molecule has 0 spiro atoms. The fraction of sp³-hybridized carbons (Fsp3) is 0.636. The summed E-state index contributed by atoms with van der Waals surface area (Å²) < 4.78 is 1.81. The van der Waals surface area contributed by atoms with E-state index in [0.29, 0.717) is 31.9 Å². The second-order valence-electron chi connectivity index (χ2n) is 4.37. The zero-order valence-corrected chi connectivity index (χ0v) is 9.75. The van der Waals surface area contributed by atoms with Crippen molar-refractivity contribution in [2.24, 2.45) is 11.7 Å². The number of aliphatic hydroxyl groups excluding tert-OH is 1. The molecule has 0 saturated carbocycles. The molecule has 1 atom stereocenters. The number of likely N-dealkylation sites (tertiary alicyclic amines) is 1. The van der Waals surface area contributed by atoms with Crippen LogP contribution in [-0.2, 0) is 6.54 Å². The molecular formula is C11H18N4O2. The van der Waals surface area contributed by atoms with E-state index in [1.807, 2.05) is 4.57 Å². The molecule has 3 N–H and O–H groups in total. The summed E-state index contributed by atoms with van der Waals surface area (Å²) in [6, 6.07) is 0. The van der Waals surface area contributed by atoms with Crippen molar-refractivity contribution in [1.82, 2.24) is 14.5 Å². The van der Waals surface area contributed by atoms with E-state index in [1.165, 1.54) is 0 Å². The smallest absolute Gasteiger partial charge is 0.274 e. The first-order valence-electron chi connectivity index (χ1n) is 5.86. The van der Waals surface area contributed by atoms with Gasteiger partial charge in [0.25, 0.3) is 5.91 Å². The Morgan fingerprint density at radius 2 is 2.47 bits per heavy atom. The Labute approximate surface area is 100 Å². The van der Waals surface area contributed by atoms with Gasteiger partial charge in [0.05, 0.1) is 6.33 Å². The van der Waals surface area contributed by atoms with Crippen LogP contribution in [0.4, 0.5) is 0 Å². The van der Waals surface area contributed by atoms with Gasteiger partial charge < -0.3 is 20.3 Å². The van der Waals surface area contributed by atoms with Gasteiger partial charge >= 0.3 is 0 Å². The van der Waals surface area contributed by atoms with Crippen molar-refractivity contribution in [3.8, 4) is 0 Å². The third-order valence-corrected chi connectivity index (χ3v) is 3.07. The summed E-state index contributed by atoms with van der Waals surface area (Å²) in [7, 11) is 0. The van der Waals surface area contributed by atoms with Crippen LogP contribution < -0.4 is 5.73 Å².